The lowest BCUT2D eigenvalue weighted by atomic mass is 10.2. The number of amides is 1. The van der Waals surface area contributed by atoms with E-state index in [-0.39, 0.29) is 17.3 Å². The summed E-state index contributed by atoms with van der Waals surface area (Å²) < 4.78 is 27.5. The van der Waals surface area contributed by atoms with Crippen LogP contribution in [0.3, 0.4) is 0 Å². The normalized spacial score (nSPS) is 15.7. The number of hydrogen-bond donors (Lipinski definition) is 2. The highest BCUT2D eigenvalue weighted by molar-refractivity contribution is 5.77. The van der Waals surface area contributed by atoms with Crippen LogP contribution in [0, 0.1) is 11.6 Å². The summed E-state index contributed by atoms with van der Waals surface area (Å²) in [4.78, 5) is 14.3. The number of anilines is 2. The van der Waals surface area contributed by atoms with Crippen LogP contribution in [0.15, 0.2) is 12.1 Å². The van der Waals surface area contributed by atoms with Gasteiger partial charge >= 0.3 is 0 Å². The lowest BCUT2D eigenvalue weighted by Crippen LogP contribution is -2.50. The summed E-state index contributed by atoms with van der Waals surface area (Å²) in [5.74, 6) is -1.79. The SMILES string of the molecule is Nc1cc(F)c(N2CCN(C(=O)CO)CC2)c(F)c1. The van der Waals surface area contributed by atoms with Gasteiger partial charge in [0.15, 0.2) is 11.6 Å². The van der Waals surface area contributed by atoms with Crippen molar-refractivity contribution >= 4 is 17.3 Å². The average Bonchev–Trinajstić information content (AvgIpc) is 2.37. The van der Waals surface area contributed by atoms with E-state index in [0.717, 1.165) is 12.1 Å². The molecule has 1 amide bonds. The van der Waals surface area contributed by atoms with E-state index >= 15 is 0 Å². The predicted molar refractivity (Wildman–Crippen MR) is 66.6 cm³/mol. The number of piperazine rings is 1. The zero-order valence-electron chi connectivity index (χ0n) is 10.3. The molecule has 0 atom stereocenters. The van der Waals surface area contributed by atoms with Crippen LogP contribution < -0.4 is 10.6 Å². The number of aliphatic hydroxyl groups excluding tert-OH is 1. The second-order valence-electron chi connectivity index (χ2n) is 4.36. The molecule has 2 rings (SSSR count). The molecule has 104 valence electrons. The largest absolute Gasteiger partial charge is 0.399 e. The van der Waals surface area contributed by atoms with Crippen LogP contribution in [0.4, 0.5) is 20.2 Å². The summed E-state index contributed by atoms with van der Waals surface area (Å²) in [5, 5.41) is 8.75. The van der Waals surface area contributed by atoms with Crippen molar-refractivity contribution in [2.24, 2.45) is 0 Å². The van der Waals surface area contributed by atoms with Gasteiger partial charge in [-0.25, -0.2) is 8.78 Å². The highest BCUT2D eigenvalue weighted by atomic mass is 19.1. The number of hydrogen-bond acceptors (Lipinski definition) is 4. The minimum Gasteiger partial charge on any atom is -0.399 e. The molecule has 1 aromatic rings. The Morgan fingerprint density at radius 3 is 2.21 bits per heavy atom. The maximum atomic E-state index is 13.7. The first-order valence-electron chi connectivity index (χ1n) is 5.91. The number of benzene rings is 1. The fourth-order valence-electron chi connectivity index (χ4n) is 2.17. The smallest absolute Gasteiger partial charge is 0.248 e. The Morgan fingerprint density at radius 1 is 1.21 bits per heavy atom. The van der Waals surface area contributed by atoms with Crippen LogP contribution in [0.1, 0.15) is 0 Å². The van der Waals surface area contributed by atoms with Gasteiger partial charge in [0.05, 0.1) is 0 Å². The highest BCUT2D eigenvalue weighted by Crippen LogP contribution is 2.26. The quantitative estimate of drug-likeness (QED) is 0.753. The van der Waals surface area contributed by atoms with Gasteiger partial charge in [-0.2, -0.15) is 0 Å². The monoisotopic (exact) mass is 271 g/mol. The molecular weight excluding hydrogens is 256 g/mol. The van der Waals surface area contributed by atoms with Crippen LogP contribution in [-0.2, 0) is 4.79 Å². The zero-order chi connectivity index (χ0) is 14.0. The molecule has 7 heteroatoms. The predicted octanol–water partition coefficient (Wildman–Crippen LogP) is 0.188. The molecule has 3 N–H and O–H groups in total. The molecule has 1 saturated heterocycles. The summed E-state index contributed by atoms with van der Waals surface area (Å²) in [7, 11) is 0. The van der Waals surface area contributed by atoms with Crippen molar-refractivity contribution in [2.75, 3.05) is 43.4 Å². The number of nitrogens with two attached hydrogens (primary N) is 1. The summed E-state index contributed by atoms with van der Waals surface area (Å²) in [6.45, 7) is 0.711. The van der Waals surface area contributed by atoms with Gasteiger partial charge in [0.25, 0.3) is 0 Å². The topological polar surface area (TPSA) is 69.8 Å². The Morgan fingerprint density at radius 2 is 1.74 bits per heavy atom. The van der Waals surface area contributed by atoms with Gasteiger partial charge in [0.2, 0.25) is 5.91 Å². The molecule has 0 aromatic heterocycles. The number of rotatable bonds is 2. The molecule has 19 heavy (non-hydrogen) atoms. The van der Waals surface area contributed by atoms with E-state index in [4.69, 9.17) is 10.8 Å². The highest BCUT2D eigenvalue weighted by Gasteiger charge is 2.24. The maximum absolute atomic E-state index is 13.7. The summed E-state index contributed by atoms with van der Waals surface area (Å²) in [6.07, 6.45) is 0. The van der Waals surface area contributed by atoms with Crippen LogP contribution in [0.25, 0.3) is 0 Å². The second-order valence-corrected chi connectivity index (χ2v) is 4.36. The zero-order valence-corrected chi connectivity index (χ0v) is 10.3. The van der Waals surface area contributed by atoms with Crippen molar-refractivity contribution in [1.82, 2.24) is 4.90 Å². The van der Waals surface area contributed by atoms with E-state index < -0.39 is 18.2 Å². The van der Waals surface area contributed by atoms with Crippen LogP contribution in [0.5, 0.6) is 0 Å². The molecule has 5 nitrogen and oxygen atoms in total. The van der Waals surface area contributed by atoms with E-state index in [1.54, 1.807) is 0 Å². The minimum atomic E-state index is -0.709. The summed E-state index contributed by atoms with van der Waals surface area (Å²) in [5.41, 5.74) is 5.27. The Balaban J connectivity index is 2.12. The maximum Gasteiger partial charge on any atom is 0.248 e. The fourth-order valence-corrected chi connectivity index (χ4v) is 2.17. The Labute approximate surface area is 109 Å². The Kier molecular flexibility index (Phi) is 3.84. The number of carbonyl (C=O) groups excluding carboxylic acids is 1. The number of nitrogens with zero attached hydrogens (tertiary/aromatic N) is 2. The first-order valence-corrected chi connectivity index (χ1v) is 5.91. The molecule has 0 unspecified atom stereocenters. The van der Waals surface area contributed by atoms with Crippen LogP contribution in [-0.4, -0.2) is 48.7 Å². The third-order valence-electron chi connectivity index (χ3n) is 3.12. The number of nitrogen functional groups attached to an aromatic ring is 1. The standard InChI is InChI=1S/C12H15F2N3O2/c13-9-5-8(15)6-10(14)12(9)17-3-1-16(2-4-17)11(19)7-18/h5-6,18H,1-4,7,15H2. The Hall–Kier alpha value is -1.89. The number of halogens is 2. The third kappa shape index (κ3) is 2.76. The molecule has 0 spiro atoms. The van der Waals surface area contributed by atoms with Crippen molar-refractivity contribution in [2.45, 2.75) is 0 Å². The van der Waals surface area contributed by atoms with E-state index in [1.807, 2.05) is 0 Å². The average molecular weight is 271 g/mol. The van der Waals surface area contributed by atoms with Crippen molar-refractivity contribution < 1.29 is 18.7 Å². The first-order chi connectivity index (χ1) is 9.02. The van der Waals surface area contributed by atoms with Gasteiger partial charge in [0.1, 0.15) is 12.3 Å². The molecule has 1 fully saturated rings. The number of carbonyl (C=O) groups is 1. The molecule has 1 aromatic carbocycles. The second kappa shape index (κ2) is 5.40. The van der Waals surface area contributed by atoms with Gasteiger partial charge in [-0.15, -0.1) is 0 Å². The van der Waals surface area contributed by atoms with Gasteiger partial charge in [0, 0.05) is 31.9 Å². The van der Waals surface area contributed by atoms with Crippen LogP contribution in [0.2, 0.25) is 0 Å². The van der Waals surface area contributed by atoms with Crippen molar-refractivity contribution in [1.29, 1.82) is 0 Å². The Bertz CT molecular complexity index is 465. The van der Waals surface area contributed by atoms with Crippen molar-refractivity contribution in [3.8, 4) is 0 Å². The molecule has 0 aliphatic carbocycles. The molecule has 0 saturated carbocycles. The first kappa shape index (κ1) is 13.5. The van der Waals surface area contributed by atoms with Crippen LogP contribution >= 0.6 is 0 Å². The lowest BCUT2D eigenvalue weighted by molar-refractivity contribution is -0.134. The van der Waals surface area contributed by atoms with Gasteiger partial charge in [-0.1, -0.05) is 0 Å². The van der Waals surface area contributed by atoms with E-state index in [1.165, 1.54) is 9.80 Å². The number of aliphatic hydroxyl groups is 1. The van der Waals surface area contributed by atoms with Crippen molar-refractivity contribution in [3.05, 3.63) is 23.8 Å². The van der Waals surface area contributed by atoms with Gasteiger partial charge in [-0.05, 0) is 12.1 Å². The lowest BCUT2D eigenvalue weighted by Gasteiger charge is -2.36. The molecular formula is C12H15F2N3O2. The molecule has 0 bridgehead atoms. The third-order valence-corrected chi connectivity index (χ3v) is 3.12. The van der Waals surface area contributed by atoms with E-state index in [0.29, 0.717) is 26.2 Å². The molecule has 1 aliphatic rings. The summed E-state index contributed by atoms with van der Waals surface area (Å²) in [6, 6.07) is 2.15. The van der Waals surface area contributed by atoms with Gasteiger partial charge in [-0.3, -0.25) is 4.79 Å². The summed E-state index contributed by atoms with van der Waals surface area (Å²) >= 11 is 0. The van der Waals surface area contributed by atoms with E-state index in [2.05, 4.69) is 0 Å². The van der Waals surface area contributed by atoms with Crippen molar-refractivity contribution in [3.63, 3.8) is 0 Å². The van der Waals surface area contributed by atoms with Gasteiger partial charge < -0.3 is 20.6 Å². The van der Waals surface area contributed by atoms with E-state index in [9.17, 15) is 13.6 Å². The fraction of sp³-hybridized carbons (Fsp3) is 0.417. The molecule has 1 aliphatic heterocycles. The molecule has 0 radical (unpaired) electrons. The molecule has 1 heterocycles. The minimum absolute atomic E-state index is 0.0350.